The molecule has 0 spiro atoms. The van der Waals surface area contributed by atoms with Crippen LogP contribution in [0.25, 0.3) is 0 Å². The maximum Gasteiger partial charge on any atom is 0.347 e. The van der Waals surface area contributed by atoms with Crippen LogP contribution in [0.3, 0.4) is 0 Å². The van der Waals surface area contributed by atoms with E-state index in [0.29, 0.717) is 5.56 Å². The van der Waals surface area contributed by atoms with Crippen molar-refractivity contribution in [2.45, 2.75) is 6.92 Å². The summed E-state index contributed by atoms with van der Waals surface area (Å²) < 4.78 is 10.3. The van der Waals surface area contributed by atoms with Gasteiger partial charge in [-0.1, -0.05) is 12.1 Å². The first-order valence-corrected chi connectivity index (χ1v) is 9.51. The molecule has 0 aliphatic carbocycles. The Labute approximate surface area is 187 Å². The summed E-state index contributed by atoms with van der Waals surface area (Å²) in [5, 5.41) is 14.5. The Kier molecular flexibility index (Phi) is 7.22. The van der Waals surface area contributed by atoms with Crippen LogP contribution >= 0.6 is 0 Å². The van der Waals surface area contributed by atoms with Gasteiger partial charge in [-0.05, 0) is 54.1 Å². The molecule has 0 heterocycles. The molecule has 1 N–H and O–H groups in total. The molecule has 0 unspecified atom stereocenters. The summed E-state index contributed by atoms with van der Waals surface area (Å²) in [5.41, 5.74) is 3.13. The predicted molar refractivity (Wildman–Crippen MR) is 117 cm³/mol. The zero-order valence-corrected chi connectivity index (χ0v) is 17.3. The van der Waals surface area contributed by atoms with Crippen LogP contribution in [-0.4, -0.2) is 29.0 Å². The van der Waals surface area contributed by atoms with Crippen LogP contribution < -0.4 is 14.9 Å². The maximum atomic E-state index is 12.4. The van der Waals surface area contributed by atoms with Crippen LogP contribution in [0.15, 0.2) is 77.9 Å². The molecule has 0 bridgehead atoms. The minimum atomic E-state index is -0.691. The molecule has 3 aromatic carbocycles. The molecule has 0 atom stereocenters. The number of para-hydroxylation sites is 1. The molecule has 0 radical (unpaired) electrons. The number of ether oxygens (including phenoxy) is 2. The van der Waals surface area contributed by atoms with Crippen molar-refractivity contribution in [3.8, 4) is 11.5 Å². The number of rotatable bonds is 7. The summed E-state index contributed by atoms with van der Waals surface area (Å²) in [7, 11) is 0. The highest BCUT2D eigenvalue weighted by Crippen LogP contribution is 2.21. The van der Waals surface area contributed by atoms with Crippen LogP contribution in [0.2, 0.25) is 0 Å². The fraction of sp³-hybridized carbons (Fsp3) is 0.0435. The molecule has 0 aliphatic rings. The number of non-ortho nitro benzene ring substituents is 1. The van der Waals surface area contributed by atoms with E-state index in [9.17, 15) is 24.5 Å². The van der Waals surface area contributed by atoms with E-state index in [4.69, 9.17) is 9.47 Å². The average molecular weight is 447 g/mol. The summed E-state index contributed by atoms with van der Waals surface area (Å²) in [4.78, 5) is 45.7. The average Bonchev–Trinajstić information content (AvgIpc) is 2.80. The number of hydrogen-bond acceptors (Lipinski definition) is 8. The Morgan fingerprint density at radius 1 is 0.939 bits per heavy atom. The largest absolute Gasteiger partial charge is 0.426 e. The van der Waals surface area contributed by atoms with Gasteiger partial charge in [0.05, 0.1) is 11.1 Å². The lowest BCUT2D eigenvalue weighted by Crippen LogP contribution is -2.17. The normalized spacial score (nSPS) is 10.5. The van der Waals surface area contributed by atoms with Crippen molar-refractivity contribution in [1.29, 1.82) is 0 Å². The van der Waals surface area contributed by atoms with Gasteiger partial charge in [-0.3, -0.25) is 19.7 Å². The minimum absolute atomic E-state index is 0.0996. The number of hydrogen-bond donors (Lipinski definition) is 1. The highest BCUT2D eigenvalue weighted by Gasteiger charge is 2.16. The first-order valence-electron chi connectivity index (χ1n) is 9.51. The maximum absolute atomic E-state index is 12.4. The Balaban J connectivity index is 1.58. The third-order valence-corrected chi connectivity index (χ3v) is 4.17. The minimum Gasteiger partial charge on any atom is -0.426 e. The van der Waals surface area contributed by atoms with Crippen LogP contribution in [0.1, 0.15) is 33.2 Å². The molecular weight excluding hydrogens is 430 g/mol. The number of amides is 1. The summed E-state index contributed by atoms with van der Waals surface area (Å²) in [6, 6.07) is 17.6. The molecule has 166 valence electrons. The van der Waals surface area contributed by atoms with E-state index < -0.39 is 22.8 Å². The molecule has 1 amide bonds. The van der Waals surface area contributed by atoms with Crippen LogP contribution in [0.4, 0.5) is 5.69 Å². The van der Waals surface area contributed by atoms with Gasteiger partial charge in [0, 0.05) is 24.6 Å². The third kappa shape index (κ3) is 6.31. The van der Waals surface area contributed by atoms with E-state index in [2.05, 4.69) is 10.5 Å². The fourth-order valence-electron chi connectivity index (χ4n) is 2.63. The summed E-state index contributed by atoms with van der Waals surface area (Å²) in [6.07, 6.45) is 1.38. The lowest BCUT2D eigenvalue weighted by molar-refractivity contribution is -0.384. The van der Waals surface area contributed by atoms with Crippen molar-refractivity contribution >= 4 is 29.7 Å². The summed E-state index contributed by atoms with van der Waals surface area (Å²) >= 11 is 0. The second-order valence-electron chi connectivity index (χ2n) is 6.55. The van der Waals surface area contributed by atoms with Gasteiger partial charge in [0.25, 0.3) is 11.6 Å². The van der Waals surface area contributed by atoms with E-state index >= 15 is 0 Å². The van der Waals surface area contributed by atoms with Crippen molar-refractivity contribution in [2.24, 2.45) is 5.10 Å². The van der Waals surface area contributed by atoms with Crippen molar-refractivity contribution in [3.05, 3.63) is 99.6 Å². The zero-order valence-electron chi connectivity index (χ0n) is 17.3. The summed E-state index contributed by atoms with van der Waals surface area (Å²) in [5.74, 6) is -1.42. The number of nitro groups is 1. The van der Waals surface area contributed by atoms with Crippen LogP contribution in [0, 0.1) is 10.1 Å². The number of esters is 2. The van der Waals surface area contributed by atoms with Gasteiger partial charge in [0.1, 0.15) is 17.1 Å². The summed E-state index contributed by atoms with van der Waals surface area (Å²) in [6.45, 7) is 1.23. The molecule has 0 saturated heterocycles. The predicted octanol–water partition coefficient (Wildman–Crippen LogP) is 3.50. The van der Waals surface area contributed by atoms with Gasteiger partial charge in [-0.25, -0.2) is 10.2 Å². The lowest BCUT2D eigenvalue weighted by Gasteiger charge is -2.08. The molecule has 3 rings (SSSR count). The third-order valence-electron chi connectivity index (χ3n) is 4.17. The van der Waals surface area contributed by atoms with Gasteiger partial charge in [0.15, 0.2) is 0 Å². The molecule has 10 nitrogen and oxygen atoms in total. The number of carbonyl (C=O) groups is 3. The monoisotopic (exact) mass is 447 g/mol. The first kappa shape index (κ1) is 22.8. The molecule has 0 saturated carbocycles. The van der Waals surface area contributed by atoms with Gasteiger partial charge in [0.2, 0.25) is 0 Å². The van der Waals surface area contributed by atoms with Crippen molar-refractivity contribution in [1.82, 2.24) is 5.43 Å². The van der Waals surface area contributed by atoms with Crippen molar-refractivity contribution in [3.63, 3.8) is 0 Å². The van der Waals surface area contributed by atoms with E-state index in [-0.39, 0.29) is 28.3 Å². The Morgan fingerprint density at radius 3 is 2.24 bits per heavy atom. The zero-order chi connectivity index (χ0) is 23.8. The first-order chi connectivity index (χ1) is 15.8. The second-order valence-corrected chi connectivity index (χ2v) is 6.55. The van der Waals surface area contributed by atoms with E-state index in [1.54, 1.807) is 24.3 Å². The van der Waals surface area contributed by atoms with E-state index in [0.717, 1.165) is 0 Å². The Morgan fingerprint density at radius 2 is 1.61 bits per heavy atom. The number of nitrogens with zero attached hydrogens (tertiary/aromatic N) is 2. The molecule has 0 aliphatic heterocycles. The molecule has 3 aromatic rings. The number of benzene rings is 3. The highest BCUT2D eigenvalue weighted by molar-refractivity contribution is 5.95. The standard InChI is InChI=1S/C23H17N3O7/c1-15(27)32-21-5-3-2-4-20(21)23(29)33-19-12-6-16(7-13-19)14-24-25-22(28)17-8-10-18(11-9-17)26(30)31/h2-14H,1H3,(H,25,28)/b24-14-. The molecule has 0 fully saturated rings. The smallest absolute Gasteiger partial charge is 0.347 e. The Hall–Kier alpha value is -4.86. The van der Waals surface area contributed by atoms with Gasteiger partial charge in [-0.2, -0.15) is 5.10 Å². The van der Waals surface area contributed by atoms with Gasteiger partial charge < -0.3 is 9.47 Å². The second kappa shape index (κ2) is 10.4. The number of nitro benzene ring substituents is 1. The molecule has 33 heavy (non-hydrogen) atoms. The molecule has 0 aromatic heterocycles. The number of hydrazone groups is 1. The number of carbonyl (C=O) groups excluding carboxylic acids is 3. The fourth-order valence-corrected chi connectivity index (χ4v) is 2.63. The molecular formula is C23H17N3O7. The van der Waals surface area contributed by atoms with Crippen LogP contribution in [-0.2, 0) is 4.79 Å². The lowest BCUT2D eigenvalue weighted by atomic mass is 10.2. The topological polar surface area (TPSA) is 137 Å². The number of nitrogens with one attached hydrogen (secondary N) is 1. The molecule has 10 heteroatoms. The quantitative estimate of drug-likeness (QED) is 0.192. The van der Waals surface area contributed by atoms with Crippen LogP contribution in [0.5, 0.6) is 11.5 Å². The Bertz CT molecular complexity index is 1220. The van der Waals surface area contributed by atoms with E-state index in [1.807, 2.05) is 0 Å². The van der Waals surface area contributed by atoms with Gasteiger partial charge >= 0.3 is 11.9 Å². The van der Waals surface area contributed by atoms with Crippen molar-refractivity contribution < 1.29 is 28.8 Å². The highest BCUT2D eigenvalue weighted by atomic mass is 16.6. The SMILES string of the molecule is CC(=O)Oc1ccccc1C(=O)Oc1ccc(/C=N\NC(=O)c2ccc([N+](=O)[O-])cc2)cc1. The van der Waals surface area contributed by atoms with Gasteiger partial charge in [-0.15, -0.1) is 0 Å². The van der Waals surface area contributed by atoms with E-state index in [1.165, 1.54) is 61.7 Å². The van der Waals surface area contributed by atoms with Crippen molar-refractivity contribution in [2.75, 3.05) is 0 Å².